The zero-order chi connectivity index (χ0) is 15.2. The zero-order valence-corrected chi connectivity index (χ0v) is 12.9. The summed E-state index contributed by atoms with van der Waals surface area (Å²) in [6.07, 6.45) is 0. The zero-order valence-electron chi connectivity index (χ0n) is 12.2. The Kier molecular flexibility index (Phi) is 5.23. The van der Waals surface area contributed by atoms with Crippen LogP contribution in [-0.2, 0) is 5.88 Å². The van der Waals surface area contributed by atoms with Gasteiger partial charge in [0.05, 0.1) is 12.5 Å². The molecule has 21 heavy (non-hydrogen) atoms. The first-order valence-electron chi connectivity index (χ1n) is 6.84. The summed E-state index contributed by atoms with van der Waals surface area (Å²) >= 11 is 5.93. The average Bonchev–Trinajstić information content (AvgIpc) is 2.49. The topological polar surface area (TPSA) is 38.3 Å². The Hall–Kier alpha value is -2.00. The maximum Gasteiger partial charge on any atom is 0.255 e. The van der Waals surface area contributed by atoms with Crippen molar-refractivity contribution in [3.63, 3.8) is 0 Å². The average molecular weight is 304 g/mol. The summed E-state index contributed by atoms with van der Waals surface area (Å²) in [5.41, 5.74) is 3.18. The lowest BCUT2D eigenvalue weighted by Gasteiger charge is -2.12. The van der Waals surface area contributed by atoms with E-state index in [0.717, 1.165) is 16.9 Å². The van der Waals surface area contributed by atoms with E-state index in [2.05, 4.69) is 5.32 Å². The minimum absolute atomic E-state index is 0.127. The molecule has 0 radical (unpaired) electrons. The Morgan fingerprint density at radius 1 is 1.24 bits per heavy atom. The molecule has 0 aliphatic carbocycles. The summed E-state index contributed by atoms with van der Waals surface area (Å²) in [6.45, 7) is 4.42. The van der Waals surface area contributed by atoms with Crippen molar-refractivity contribution >= 4 is 23.2 Å². The number of hydrogen-bond donors (Lipinski definition) is 1. The predicted molar refractivity (Wildman–Crippen MR) is 86.3 cm³/mol. The number of hydrogen-bond acceptors (Lipinski definition) is 2. The molecule has 1 N–H and O–H groups in total. The first-order valence-corrected chi connectivity index (χ1v) is 7.37. The van der Waals surface area contributed by atoms with Crippen molar-refractivity contribution in [2.75, 3.05) is 11.9 Å². The highest BCUT2D eigenvalue weighted by atomic mass is 35.5. The van der Waals surface area contributed by atoms with E-state index in [4.69, 9.17) is 16.3 Å². The van der Waals surface area contributed by atoms with E-state index >= 15 is 0 Å². The third kappa shape index (κ3) is 3.76. The van der Waals surface area contributed by atoms with Crippen LogP contribution in [0.5, 0.6) is 5.75 Å². The van der Waals surface area contributed by atoms with E-state index < -0.39 is 0 Å². The molecule has 2 aromatic carbocycles. The summed E-state index contributed by atoms with van der Waals surface area (Å²) in [5, 5.41) is 2.89. The van der Waals surface area contributed by atoms with E-state index in [1.807, 2.05) is 56.3 Å². The smallest absolute Gasteiger partial charge is 0.255 e. The lowest BCUT2D eigenvalue weighted by atomic mass is 10.1. The number of rotatable bonds is 5. The fraction of sp³-hybridized carbons (Fsp3) is 0.235. The Bertz CT molecular complexity index is 640. The van der Waals surface area contributed by atoms with Gasteiger partial charge >= 0.3 is 0 Å². The van der Waals surface area contributed by atoms with E-state index in [1.165, 1.54) is 0 Å². The fourth-order valence-electron chi connectivity index (χ4n) is 2.08. The second-order valence-electron chi connectivity index (χ2n) is 4.66. The van der Waals surface area contributed by atoms with E-state index in [-0.39, 0.29) is 5.91 Å². The quantitative estimate of drug-likeness (QED) is 0.832. The number of aryl methyl sites for hydroxylation is 1. The Balaban J connectivity index is 2.20. The van der Waals surface area contributed by atoms with Crippen LogP contribution in [0.25, 0.3) is 0 Å². The van der Waals surface area contributed by atoms with Crippen molar-refractivity contribution in [3.05, 3.63) is 59.2 Å². The van der Waals surface area contributed by atoms with Crippen molar-refractivity contribution in [1.29, 1.82) is 0 Å². The summed E-state index contributed by atoms with van der Waals surface area (Å²) in [7, 11) is 0. The highest BCUT2D eigenvalue weighted by molar-refractivity contribution is 6.17. The Labute approximate surface area is 129 Å². The van der Waals surface area contributed by atoms with Gasteiger partial charge < -0.3 is 10.1 Å². The molecule has 2 aromatic rings. The first-order chi connectivity index (χ1) is 10.2. The Morgan fingerprint density at radius 2 is 2.00 bits per heavy atom. The van der Waals surface area contributed by atoms with Crippen LogP contribution in [0.2, 0.25) is 0 Å². The van der Waals surface area contributed by atoms with Gasteiger partial charge in [0.15, 0.2) is 0 Å². The highest BCUT2D eigenvalue weighted by Crippen LogP contribution is 2.25. The van der Waals surface area contributed by atoms with Crippen LogP contribution in [0.3, 0.4) is 0 Å². The van der Waals surface area contributed by atoms with Crippen molar-refractivity contribution in [1.82, 2.24) is 0 Å². The monoisotopic (exact) mass is 303 g/mol. The van der Waals surface area contributed by atoms with Gasteiger partial charge in [-0.15, -0.1) is 11.6 Å². The fourth-order valence-corrected chi connectivity index (χ4v) is 2.29. The van der Waals surface area contributed by atoms with E-state index in [1.54, 1.807) is 0 Å². The van der Waals surface area contributed by atoms with Crippen molar-refractivity contribution in [3.8, 4) is 5.75 Å². The highest BCUT2D eigenvalue weighted by Gasteiger charge is 2.10. The van der Waals surface area contributed by atoms with Gasteiger partial charge in [-0.25, -0.2) is 0 Å². The number of carbonyl (C=O) groups excluding carboxylic acids is 1. The second-order valence-corrected chi connectivity index (χ2v) is 4.93. The molecule has 0 atom stereocenters. The summed E-state index contributed by atoms with van der Waals surface area (Å²) < 4.78 is 5.49. The third-order valence-corrected chi connectivity index (χ3v) is 3.44. The number of amides is 1. The Morgan fingerprint density at radius 3 is 2.67 bits per heavy atom. The molecule has 0 aromatic heterocycles. The van der Waals surface area contributed by atoms with Crippen LogP contribution in [0.1, 0.15) is 28.4 Å². The number of halogens is 1. The summed E-state index contributed by atoms with van der Waals surface area (Å²) in [4.78, 5) is 12.3. The third-order valence-electron chi connectivity index (χ3n) is 3.15. The van der Waals surface area contributed by atoms with Crippen LogP contribution in [-0.4, -0.2) is 12.5 Å². The summed E-state index contributed by atoms with van der Waals surface area (Å²) in [6, 6.07) is 13.0. The maximum atomic E-state index is 12.3. The molecule has 0 saturated carbocycles. The van der Waals surface area contributed by atoms with Gasteiger partial charge in [-0.1, -0.05) is 18.2 Å². The molecular weight excluding hydrogens is 286 g/mol. The molecule has 0 spiro atoms. The molecule has 0 heterocycles. The molecule has 0 unspecified atom stereocenters. The maximum absolute atomic E-state index is 12.3. The molecule has 0 aliphatic heterocycles. The number of alkyl halides is 1. The number of ether oxygens (including phenoxy) is 1. The molecule has 3 nitrogen and oxygen atoms in total. The number of carbonyl (C=O) groups is 1. The predicted octanol–water partition coefficient (Wildman–Crippen LogP) is 4.38. The lowest BCUT2D eigenvalue weighted by molar-refractivity contribution is 0.102. The molecule has 2 rings (SSSR count). The van der Waals surface area contributed by atoms with Gasteiger partial charge in [0.2, 0.25) is 0 Å². The van der Waals surface area contributed by atoms with Gasteiger partial charge in [0.1, 0.15) is 5.75 Å². The largest absolute Gasteiger partial charge is 0.494 e. The summed E-state index contributed by atoms with van der Waals surface area (Å²) in [5.74, 6) is 0.961. The SMILES string of the molecule is CCOc1ccc(NC(=O)c2ccccc2C)cc1CCl. The van der Waals surface area contributed by atoms with Crippen LogP contribution >= 0.6 is 11.6 Å². The molecule has 0 bridgehead atoms. The molecule has 0 fully saturated rings. The van der Waals surface area contributed by atoms with Crippen LogP contribution in [0.4, 0.5) is 5.69 Å². The minimum Gasteiger partial charge on any atom is -0.494 e. The van der Waals surface area contributed by atoms with Crippen LogP contribution in [0.15, 0.2) is 42.5 Å². The molecule has 4 heteroatoms. The van der Waals surface area contributed by atoms with Gasteiger partial charge in [-0.2, -0.15) is 0 Å². The first kappa shape index (κ1) is 15.4. The number of benzene rings is 2. The number of nitrogens with one attached hydrogen (secondary N) is 1. The molecule has 0 saturated heterocycles. The van der Waals surface area contributed by atoms with Gasteiger partial charge in [0, 0.05) is 16.8 Å². The van der Waals surface area contributed by atoms with Crippen LogP contribution < -0.4 is 10.1 Å². The van der Waals surface area contributed by atoms with Gasteiger partial charge in [-0.3, -0.25) is 4.79 Å². The normalized spacial score (nSPS) is 10.2. The molecular formula is C17H18ClNO2. The lowest BCUT2D eigenvalue weighted by Crippen LogP contribution is -2.13. The van der Waals surface area contributed by atoms with Crippen molar-refractivity contribution < 1.29 is 9.53 Å². The molecule has 0 aliphatic rings. The standard InChI is InChI=1S/C17H18ClNO2/c1-3-21-16-9-8-14(10-13(16)11-18)19-17(20)15-7-5-4-6-12(15)2/h4-10H,3,11H2,1-2H3,(H,19,20). The van der Waals surface area contributed by atoms with Crippen molar-refractivity contribution in [2.24, 2.45) is 0 Å². The molecule has 1 amide bonds. The van der Waals surface area contributed by atoms with Crippen LogP contribution in [0, 0.1) is 6.92 Å². The van der Waals surface area contributed by atoms with Gasteiger partial charge in [0.25, 0.3) is 5.91 Å². The minimum atomic E-state index is -0.127. The second kappa shape index (κ2) is 7.14. The van der Waals surface area contributed by atoms with Crippen molar-refractivity contribution in [2.45, 2.75) is 19.7 Å². The molecule has 110 valence electrons. The van der Waals surface area contributed by atoms with Gasteiger partial charge in [-0.05, 0) is 43.7 Å². The van der Waals surface area contributed by atoms with E-state index in [0.29, 0.717) is 23.7 Å². The van der Waals surface area contributed by atoms with E-state index in [9.17, 15) is 4.79 Å². The number of anilines is 1.